The summed E-state index contributed by atoms with van der Waals surface area (Å²) in [7, 11) is 0. The van der Waals surface area contributed by atoms with Gasteiger partial charge in [0.1, 0.15) is 0 Å². The maximum atomic E-state index is 11.9. The van der Waals surface area contributed by atoms with Crippen molar-refractivity contribution < 1.29 is 9.90 Å². The summed E-state index contributed by atoms with van der Waals surface area (Å²) in [5.41, 5.74) is 2.09. The number of carbonyl (C=O) groups excluding carboxylic acids is 1. The number of nitrogens with one attached hydrogen (secondary N) is 2. The highest BCUT2D eigenvalue weighted by atomic mass is 35.5. The van der Waals surface area contributed by atoms with Crippen molar-refractivity contribution >= 4 is 35.8 Å². The molecule has 0 aromatic heterocycles. The molecule has 0 bridgehead atoms. The maximum absolute atomic E-state index is 11.9. The smallest absolute Gasteiger partial charge is 0.241 e. The van der Waals surface area contributed by atoms with Gasteiger partial charge in [-0.05, 0) is 42.5 Å². The van der Waals surface area contributed by atoms with Crippen molar-refractivity contribution in [2.45, 2.75) is 25.0 Å². The predicted molar refractivity (Wildman–Crippen MR) is 86.8 cm³/mol. The van der Waals surface area contributed by atoms with Crippen LogP contribution in [0.4, 0.5) is 5.69 Å². The first-order valence-electron chi connectivity index (χ1n) is 6.49. The first kappa shape index (κ1) is 17.3. The third kappa shape index (κ3) is 4.98. The van der Waals surface area contributed by atoms with Crippen LogP contribution in [0.15, 0.2) is 24.3 Å². The van der Waals surface area contributed by atoms with E-state index in [9.17, 15) is 9.90 Å². The molecule has 1 saturated heterocycles. The van der Waals surface area contributed by atoms with Gasteiger partial charge in [-0.1, -0.05) is 12.1 Å². The second kappa shape index (κ2) is 8.52. The first-order chi connectivity index (χ1) is 9.19. The fraction of sp³-hybridized carbons (Fsp3) is 0.500. The van der Waals surface area contributed by atoms with E-state index in [1.807, 2.05) is 36.0 Å². The summed E-state index contributed by atoms with van der Waals surface area (Å²) in [6.45, 7) is 0.492. The van der Waals surface area contributed by atoms with E-state index in [0.29, 0.717) is 13.0 Å². The summed E-state index contributed by atoms with van der Waals surface area (Å²) in [5, 5.41) is 15.3. The molecular weight excluding hydrogens is 296 g/mol. The SMILES string of the molecule is CSCCc1ccc(NC(=O)C2CC(O)CN2)cc1.Cl. The molecule has 20 heavy (non-hydrogen) atoms. The van der Waals surface area contributed by atoms with E-state index >= 15 is 0 Å². The van der Waals surface area contributed by atoms with Gasteiger partial charge in [-0.2, -0.15) is 11.8 Å². The van der Waals surface area contributed by atoms with Gasteiger partial charge in [-0.3, -0.25) is 4.79 Å². The highest BCUT2D eigenvalue weighted by molar-refractivity contribution is 7.98. The van der Waals surface area contributed by atoms with Crippen LogP contribution in [0.3, 0.4) is 0 Å². The highest BCUT2D eigenvalue weighted by Gasteiger charge is 2.27. The normalized spacial score (nSPS) is 21.3. The summed E-state index contributed by atoms with van der Waals surface area (Å²) in [4.78, 5) is 11.9. The van der Waals surface area contributed by atoms with Crippen LogP contribution in [0.25, 0.3) is 0 Å². The van der Waals surface area contributed by atoms with Crippen LogP contribution in [0.1, 0.15) is 12.0 Å². The molecule has 0 aliphatic carbocycles. The second-order valence-electron chi connectivity index (χ2n) is 4.78. The molecule has 4 nitrogen and oxygen atoms in total. The Balaban J connectivity index is 0.00000200. The molecule has 1 amide bonds. The van der Waals surface area contributed by atoms with Crippen molar-refractivity contribution in [1.82, 2.24) is 5.32 Å². The fourth-order valence-electron chi connectivity index (χ4n) is 2.12. The zero-order valence-corrected chi connectivity index (χ0v) is 13.1. The van der Waals surface area contributed by atoms with Crippen LogP contribution in [-0.4, -0.2) is 41.7 Å². The van der Waals surface area contributed by atoms with Gasteiger partial charge in [0.25, 0.3) is 0 Å². The number of β-amino-alcohol motifs (C(OH)–C–C–N with tert-alkyl or cyclic N) is 1. The van der Waals surface area contributed by atoms with E-state index in [2.05, 4.69) is 16.9 Å². The van der Waals surface area contributed by atoms with Gasteiger partial charge < -0.3 is 15.7 Å². The van der Waals surface area contributed by atoms with Crippen LogP contribution in [0, 0.1) is 0 Å². The van der Waals surface area contributed by atoms with Crippen LogP contribution in [0.5, 0.6) is 0 Å². The number of hydrogen-bond acceptors (Lipinski definition) is 4. The average molecular weight is 317 g/mol. The highest BCUT2D eigenvalue weighted by Crippen LogP contribution is 2.14. The van der Waals surface area contributed by atoms with Gasteiger partial charge in [0.2, 0.25) is 5.91 Å². The molecule has 1 aromatic rings. The Hall–Kier alpha value is -0.750. The van der Waals surface area contributed by atoms with Crippen molar-refractivity contribution in [3.63, 3.8) is 0 Å². The summed E-state index contributed by atoms with van der Waals surface area (Å²) in [6, 6.07) is 7.66. The summed E-state index contributed by atoms with van der Waals surface area (Å²) >= 11 is 1.83. The number of halogens is 1. The van der Waals surface area contributed by atoms with Crippen molar-refractivity contribution in [2.75, 3.05) is 23.9 Å². The minimum atomic E-state index is -0.412. The largest absolute Gasteiger partial charge is 0.392 e. The van der Waals surface area contributed by atoms with Gasteiger partial charge in [-0.15, -0.1) is 12.4 Å². The average Bonchev–Trinajstić information content (AvgIpc) is 2.85. The number of aliphatic hydroxyl groups is 1. The van der Waals surface area contributed by atoms with Crippen LogP contribution < -0.4 is 10.6 Å². The van der Waals surface area contributed by atoms with Gasteiger partial charge in [0.15, 0.2) is 0 Å². The Morgan fingerprint density at radius 3 is 2.70 bits per heavy atom. The number of aliphatic hydroxyl groups excluding tert-OH is 1. The Kier molecular flexibility index (Phi) is 7.37. The van der Waals surface area contributed by atoms with E-state index in [1.165, 1.54) is 5.56 Å². The standard InChI is InChI=1S/C14H20N2O2S.ClH/c1-19-7-6-10-2-4-11(5-3-10)16-14(18)13-8-12(17)9-15-13;/h2-5,12-13,15,17H,6-9H2,1H3,(H,16,18);1H. The third-order valence-corrected chi connectivity index (χ3v) is 3.85. The monoisotopic (exact) mass is 316 g/mol. The van der Waals surface area contributed by atoms with Gasteiger partial charge in [0.05, 0.1) is 12.1 Å². The lowest BCUT2D eigenvalue weighted by atomic mass is 10.1. The van der Waals surface area contributed by atoms with Crippen molar-refractivity contribution in [3.05, 3.63) is 29.8 Å². The molecule has 112 valence electrons. The number of thioether (sulfide) groups is 1. The number of aryl methyl sites for hydroxylation is 1. The van der Waals surface area contributed by atoms with Crippen molar-refractivity contribution in [1.29, 1.82) is 0 Å². The minimum absolute atomic E-state index is 0. The molecule has 1 fully saturated rings. The zero-order valence-electron chi connectivity index (χ0n) is 11.5. The number of amides is 1. The Labute approximate surface area is 130 Å². The number of carbonyl (C=O) groups is 1. The van der Waals surface area contributed by atoms with E-state index in [0.717, 1.165) is 17.9 Å². The Morgan fingerprint density at radius 2 is 2.15 bits per heavy atom. The van der Waals surface area contributed by atoms with E-state index in [-0.39, 0.29) is 24.4 Å². The lowest BCUT2D eigenvalue weighted by molar-refractivity contribution is -0.117. The van der Waals surface area contributed by atoms with Crippen LogP contribution >= 0.6 is 24.2 Å². The topological polar surface area (TPSA) is 61.4 Å². The maximum Gasteiger partial charge on any atom is 0.241 e. The van der Waals surface area contributed by atoms with Crippen molar-refractivity contribution in [2.24, 2.45) is 0 Å². The molecule has 1 heterocycles. The van der Waals surface area contributed by atoms with E-state index in [1.54, 1.807) is 0 Å². The van der Waals surface area contributed by atoms with E-state index < -0.39 is 6.10 Å². The molecule has 1 aromatic carbocycles. The van der Waals surface area contributed by atoms with E-state index in [4.69, 9.17) is 0 Å². The first-order valence-corrected chi connectivity index (χ1v) is 7.88. The third-order valence-electron chi connectivity index (χ3n) is 3.24. The second-order valence-corrected chi connectivity index (χ2v) is 5.76. The summed E-state index contributed by atoms with van der Waals surface area (Å²) in [6.07, 6.45) is 3.21. The molecule has 0 radical (unpaired) electrons. The molecule has 0 spiro atoms. The molecule has 2 unspecified atom stereocenters. The van der Waals surface area contributed by atoms with Crippen LogP contribution in [0.2, 0.25) is 0 Å². The molecule has 2 rings (SSSR count). The molecule has 0 saturated carbocycles. The number of anilines is 1. The zero-order chi connectivity index (χ0) is 13.7. The molecule has 6 heteroatoms. The Morgan fingerprint density at radius 1 is 1.45 bits per heavy atom. The fourth-order valence-corrected chi connectivity index (χ4v) is 2.56. The number of benzene rings is 1. The molecule has 1 aliphatic heterocycles. The van der Waals surface area contributed by atoms with Gasteiger partial charge >= 0.3 is 0 Å². The van der Waals surface area contributed by atoms with Crippen molar-refractivity contribution in [3.8, 4) is 0 Å². The van der Waals surface area contributed by atoms with Gasteiger partial charge in [-0.25, -0.2) is 0 Å². The predicted octanol–water partition coefficient (Wildman–Crippen LogP) is 1.68. The Bertz CT molecular complexity index is 428. The minimum Gasteiger partial charge on any atom is -0.392 e. The number of rotatable bonds is 5. The van der Waals surface area contributed by atoms with Gasteiger partial charge in [0, 0.05) is 12.2 Å². The molecule has 1 aliphatic rings. The lowest BCUT2D eigenvalue weighted by Gasteiger charge is -2.11. The molecule has 2 atom stereocenters. The number of hydrogen-bond donors (Lipinski definition) is 3. The van der Waals surface area contributed by atoms with Crippen LogP contribution in [-0.2, 0) is 11.2 Å². The quantitative estimate of drug-likeness (QED) is 0.773. The summed E-state index contributed by atoms with van der Waals surface area (Å²) < 4.78 is 0. The summed E-state index contributed by atoms with van der Waals surface area (Å²) in [5.74, 6) is 1.03. The lowest BCUT2D eigenvalue weighted by Crippen LogP contribution is -2.35. The molecular formula is C14H21ClN2O2S. The molecule has 3 N–H and O–H groups in total.